The van der Waals surface area contributed by atoms with Crippen LogP contribution in [0.5, 0.6) is 0 Å². The van der Waals surface area contributed by atoms with Crippen molar-refractivity contribution < 1.29 is 0 Å². The fraction of sp³-hybridized carbons (Fsp3) is 0.607. The van der Waals surface area contributed by atoms with E-state index in [1.54, 1.807) is 5.57 Å². The molecule has 5 fully saturated rings. The Hall–Kier alpha value is -5.98. The normalized spacial score (nSPS) is 25.7. The summed E-state index contributed by atoms with van der Waals surface area (Å²) in [5.41, 5.74) is 26.0. The van der Waals surface area contributed by atoms with Crippen LogP contribution in [0.3, 0.4) is 0 Å². The number of hydrogen-bond donors (Lipinski definition) is 0. The van der Waals surface area contributed by atoms with Crippen LogP contribution in [-0.2, 0) is 12.8 Å². The van der Waals surface area contributed by atoms with Crippen molar-refractivity contribution in [3.63, 3.8) is 0 Å². The second-order valence-electron chi connectivity index (χ2n) is 40.7. The number of unbranched alkanes of at least 4 members (excludes halogenated alkanes) is 6. The Morgan fingerprint density at radius 2 is 0.752 bits per heavy atom. The van der Waals surface area contributed by atoms with Crippen LogP contribution < -0.4 is 0 Å². The second-order valence-corrected chi connectivity index (χ2v) is 40.7. The van der Waals surface area contributed by atoms with E-state index < -0.39 is 0 Å². The Kier molecular flexibility index (Phi) is 45.1. The highest BCUT2D eigenvalue weighted by Gasteiger charge is 2.40. The monoisotopic (exact) mass is 1580 g/mol. The van der Waals surface area contributed by atoms with Crippen LogP contribution in [-0.4, -0.2) is 0 Å². The molecule has 0 heterocycles. The van der Waals surface area contributed by atoms with Crippen LogP contribution in [0.1, 0.15) is 366 Å². The van der Waals surface area contributed by atoms with E-state index >= 15 is 0 Å². The van der Waals surface area contributed by atoms with E-state index in [2.05, 4.69) is 115 Å². The van der Waals surface area contributed by atoms with Gasteiger partial charge in [0.05, 0.1) is 0 Å². The molecule has 7 rings (SSSR count). The standard InChI is InChI=1S/C117H176/c1-85(2)43-32-35-57-109-78-98(18)106(68-67-105(82-102-48-27-24-28-49-102)77-97(17)113(71-87(5)6)75-92(12)63-65-94(109)14)53-37-34-45-90(10)73-104(74-91(11)62-61-89(9)46-42-47-96(16)117-84-112-59-39-38-54-107(112)69-70-108-55-40-41-60-116(108)117)52-26-22-23-31-56-111-80-100(20)115(83-103-50-29-25-30-51-103)81-101(21)114(72-88(7)8)76-93(13)64-66-95(15)110(79-99(111)19)58-36-33-44-86(3)4/h24-25,27-30,48-51,104-117H,1,3,5,7,9-23,26,31-47,52-84H2,2,4,6,8H3. The minimum Gasteiger partial charge on any atom is -0.100 e. The van der Waals surface area contributed by atoms with E-state index in [9.17, 15) is 0 Å². The van der Waals surface area contributed by atoms with Crippen molar-refractivity contribution in [2.24, 2.45) is 82.9 Å². The zero-order chi connectivity index (χ0) is 84.6. The zero-order valence-corrected chi connectivity index (χ0v) is 76.9. The van der Waals surface area contributed by atoms with Crippen LogP contribution >= 0.6 is 0 Å². The molecular formula is C117H176. The molecule has 14 atom stereocenters. The molecule has 5 aliphatic carbocycles. The van der Waals surface area contributed by atoms with Gasteiger partial charge in [-0.15, -0.1) is 26.3 Å². The molecule has 5 aliphatic rings. The largest absolute Gasteiger partial charge is 0.100 e. The van der Waals surface area contributed by atoms with Gasteiger partial charge in [0.25, 0.3) is 0 Å². The van der Waals surface area contributed by atoms with E-state index in [-0.39, 0.29) is 0 Å². The topological polar surface area (TPSA) is 0 Å². The first-order chi connectivity index (χ1) is 56.2. The third-order valence-electron chi connectivity index (χ3n) is 29.7. The molecule has 2 aromatic rings. The van der Waals surface area contributed by atoms with Gasteiger partial charge in [0.1, 0.15) is 0 Å². The quantitative estimate of drug-likeness (QED) is 0.0459. The van der Waals surface area contributed by atoms with Crippen molar-refractivity contribution >= 4 is 0 Å². The molecule has 5 saturated carbocycles. The van der Waals surface area contributed by atoms with Crippen LogP contribution in [0.15, 0.2) is 267 Å². The van der Waals surface area contributed by atoms with Crippen molar-refractivity contribution in [2.75, 3.05) is 0 Å². The molecule has 644 valence electrons. The lowest BCUT2D eigenvalue weighted by Crippen LogP contribution is -2.35. The molecule has 14 unspecified atom stereocenters. The van der Waals surface area contributed by atoms with Gasteiger partial charge in [-0.1, -0.05) is 331 Å². The number of benzene rings is 2. The predicted octanol–water partition coefficient (Wildman–Crippen LogP) is 36.6. The summed E-state index contributed by atoms with van der Waals surface area (Å²) >= 11 is 0. The Balaban J connectivity index is 1.05. The molecule has 117 heavy (non-hydrogen) atoms. The van der Waals surface area contributed by atoms with Gasteiger partial charge in [-0.2, -0.15) is 0 Å². The molecule has 0 spiro atoms. The maximum absolute atomic E-state index is 5.08. The summed E-state index contributed by atoms with van der Waals surface area (Å²) < 4.78 is 0. The summed E-state index contributed by atoms with van der Waals surface area (Å²) in [6, 6.07) is 22.4. The molecule has 0 N–H and O–H groups in total. The molecule has 0 bridgehead atoms. The highest BCUT2D eigenvalue weighted by Crippen LogP contribution is 2.51. The van der Waals surface area contributed by atoms with E-state index in [0.717, 1.165) is 190 Å². The Bertz CT molecular complexity index is 3570. The van der Waals surface area contributed by atoms with Crippen molar-refractivity contribution in [2.45, 2.75) is 368 Å². The van der Waals surface area contributed by atoms with Crippen molar-refractivity contribution in [3.8, 4) is 0 Å². The Morgan fingerprint density at radius 1 is 0.325 bits per heavy atom. The average Bonchev–Trinajstić information content (AvgIpc) is 0.906. The predicted molar refractivity (Wildman–Crippen MR) is 523 cm³/mol. The summed E-state index contributed by atoms with van der Waals surface area (Å²) in [6.45, 7) is 90.0. The number of fused-ring (bicyclic) bond motifs is 2. The first kappa shape index (κ1) is 98.1. The Labute approximate surface area is 724 Å². The maximum Gasteiger partial charge on any atom is -0.0128 e. The highest BCUT2D eigenvalue weighted by atomic mass is 14.4. The molecule has 0 heteroatoms. The van der Waals surface area contributed by atoms with Crippen molar-refractivity contribution in [3.05, 3.63) is 278 Å². The smallest absolute Gasteiger partial charge is 0.0128 e. The van der Waals surface area contributed by atoms with E-state index in [1.165, 1.54) is 280 Å². The molecule has 0 radical (unpaired) electrons. The van der Waals surface area contributed by atoms with Gasteiger partial charge in [-0.25, -0.2) is 0 Å². The van der Waals surface area contributed by atoms with Gasteiger partial charge in [0.15, 0.2) is 0 Å². The number of rotatable bonds is 42. The first-order valence-corrected chi connectivity index (χ1v) is 48.6. The van der Waals surface area contributed by atoms with E-state index in [1.807, 2.05) is 0 Å². The molecule has 0 saturated heterocycles. The van der Waals surface area contributed by atoms with Gasteiger partial charge >= 0.3 is 0 Å². The van der Waals surface area contributed by atoms with Gasteiger partial charge in [-0.05, 0) is 372 Å². The lowest BCUT2D eigenvalue weighted by molar-refractivity contribution is 0.0799. The summed E-state index contributed by atoms with van der Waals surface area (Å²) in [5, 5.41) is 0. The lowest BCUT2D eigenvalue weighted by atomic mass is 9.60. The highest BCUT2D eigenvalue weighted by molar-refractivity contribution is 5.25. The third kappa shape index (κ3) is 37.5. The van der Waals surface area contributed by atoms with E-state index in [4.69, 9.17) is 85.5 Å². The Morgan fingerprint density at radius 3 is 1.32 bits per heavy atom. The van der Waals surface area contributed by atoms with Crippen LogP contribution in [0.25, 0.3) is 0 Å². The van der Waals surface area contributed by atoms with Crippen molar-refractivity contribution in [1.82, 2.24) is 0 Å². The molecular weight excluding hydrogens is 1410 g/mol. The SMILES string of the molecule is C=C(C)CCCCC1CC(=C)C(CCCCC(=C)CC(CCCCCCC2CC(=C)C(Cc3ccccc3)CC(=C)C(CC(=C)C)CC(=C)CCC(=C)C(CCCCC(=C)C)CC2=C)CC(=C)CCC(=C)CCCC(=C)C2CC3CCCCC3CCC3CCCCC32)CCC(Cc2ccccc2)CC(=C)C(CC(=C)C)CC(=C)CCC1=C. The summed E-state index contributed by atoms with van der Waals surface area (Å²) in [6.07, 6.45) is 62.2. The van der Waals surface area contributed by atoms with Crippen LogP contribution in [0.4, 0.5) is 0 Å². The van der Waals surface area contributed by atoms with E-state index in [0.29, 0.717) is 53.3 Å². The number of allylic oxidation sites excluding steroid dienone is 17. The van der Waals surface area contributed by atoms with Crippen LogP contribution in [0, 0.1) is 82.9 Å². The minimum absolute atomic E-state index is 0.298. The minimum atomic E-state index is 0.298. The molecule has 2 aromatic carbocycles. The molecule has 0 amide bonds. The van der Waals surface area contributed by atoms with Crippen LogP contribution in [0.2, 0.25) is 0 Å². The van der Waals surface area contributed by atoms with Gasteiger partial charge in [0, 0.05) is 0 Å². The molecule has 0 aromatic heterocycles. The van der Waals surface area contributed by atoms with Gasteiger partial charge < -0.3 is 0 Å². The fourth-order valence-corrected chi connectivity index (χ4v) is 22.4. The average molecular weight is 1580 g/mol. The number of hydrogen-bond acceptors (Lipinski definition) is 0. The summed E-state index contributed by atoms with van der Waals surface area (Å²) in [4.78, 5) is 0. The zero-order valence-electron chi connectivity index (χ0n) is 76.9. The third-order valence-corrected chi connectivity index (χ3v) is 29.7. The fourth-order valence-electron chi connectivity index (χ4n) is 22.4. The maximum atomic E-state index is 5.08. The summed E-state index contributed by atoms with van der Waals surface area (Å²) in [5.74, 6) is 8.18. The lowest BCUT2D eigenvalue weighted by Gasteiger charge is -2.45. The van der Waals surface area contributed by atoms with Crippen molar-refractivity contribution in [1.29, 1.82) is 0 Å². The molecule has 0 nitrogen and oxygen atoms in total. The molecule has 0 aliphatic heterocycles. The van der Waals surface area contributed by atoms with Gasteiger partial charge in [0.2, 0.25) is 0 Å². The summed E-state index contributed by atoms with van der Waals surface area (Å²) in [7, 11) is 0. The first-order valence-electron chi connectivity index (χ1n) is 48.6. The van der Waals surface area contributed by atoms with Gasteiger partial charge in [-0.3, -0.25) is 0 Å². The second kappa shape index (κ2) is 53.7.